The van der Waals surface area contributed by atoms with Gasteiger partial charge in [0.2, 0.25) is 0 Å². The number of aromatic nitrogens is 1. The molecule has 2 heterocycles. The summed E-state index contributed by atoms with van der Waals surface area (Å²) in [6.45, 7) is 7.55. The molecule has 0 aliphatic rings. The summed E-state index contributed by atoms with van der Waals surface area (Å²) >= 11 is 1.40. The molecule has 2 amide bonds. The maximum atomic E-state index is 12.6. The number of amides is 2. The molecule has 0 bridgehead atoms. The fourth-order valence-corrected chi connectivity index (χ4v) is 3.62. The topological polar surface area (TPSA) is 84.2 Å². The summed E-state index contributed by atoms with van der Waals surface area (Å²) < 4.78 is 5.34. The number of nitrogens with one attached hydrogen (secondary N) is 2. The molecule has 0 radical (unpaired) electrons. The van der Waals surface area contributed by atoms with E-state index in [1.165, 1.54) is 22.9 Å². The van der Waals surface area contributed by atoms with Gasteiger partial charge in [-0.2, -0.15) is 0 Å². The molecule has 3 aromatic rings. The number of rotatable bonds is 4. The molecule has 28 heavy (non-hydrogen) atoms. The highest BCUT2D eigenvalue weighted by atomic mass is 32.2. The van der Waals surface area contributed by atoms with E-state index in [1.807, 2.05) is 19.1 Å². The minimum absolute atomic E-state index is 0.381. The third-order valence-corrected chi connectivity index (χ3v) is 5.29. The molecule has 2 aromatic heterocycles. The van der Waals surface area contributed by atoms with Gasteiger partial charge in [-0.05, 0) is 69.2 Å². The first-order chi connectivity index (χ1) is 13.3. The number of carbonyl (C=O) groups excluding carboxylic acids is 2. The molecule has 0 saturated heterocycles. The summed E-state index contributed by atoms with van der Waals surface area (Å²) in [6, 6.07) is 11.1. The van der Waals surface area contributed by atoms with Crippen molar-refractivity contribution in [2.75, 3.05) is 0 Å². The molecule has 0 fully saturated rings. The van der Waals surface area contributed by atoms with Crippen molar-refractivity contribution in [3.63, 3.8) is 0 Å². The Hall–Kier alpha value is -3.06. The third kappa shape index (κ3) is 4.43. The minimum atomic E-state index is -0.439. The van der Waals surface area contributed by atoms with E-state index >= 15 is 0 Å². The lowest BCUT2D eigenvalue weighted by molar-refractivity contribution is 0.0843. The number of nitrogens with zero attached hydrogens (tertiary/aromatic N) is 1. The molecule has 144 valence electrons. The van der Waals surface area contributed by atoms with Gasteiger partial charge in [0.25, 0.3) is 11.8 Å². The van der Waals surface area contributed by atoms with Crippen molar-refractivity contribution in [2.24, 2.45) is 0 Å². The molecule has 3 rings (SSSR count). The Labute approximate surface area is 167 Å². The van der Waals surface area contributed by atoms with Crippen LogP contribution in [0.3, 0.4) is 0 Å². The summed E-state index contributed by atoms with van der Waals surface area (Å²) in [7, 11) is 0. The van der Waals surface area contributed by atoms with Gasteiger partial charge >= 0.3 is 0 Å². The maximum Gasteiger partial charge on any atom is 0.273 e. The van der Waals surface area contributed by atoms with E-state index in [-0.39, 0.29) is 0 Å². The third-order valence-electron chi connectivity index (χ3n) is 4.28. The average Bonchev–Trinajstić information content (AvgIpc) is 3.01. The van der Waals surface area contributed by atoms with E-state index in [0.717, 1.165) is 4.90 Å². The number of hydrogen-bond acceptors (Lipinski definition) is 5. The molecule has 6 nitrogen and oxygen atoms in total. The van der Waals surface area contributed by atoms with Crippen LogP contribution >= 0.6 is 11.8 Å². The lowest BCUT2D eigenvalue weighted by Crippen LogP contribution is -2.42. The molecule has 2 N–H and O–H groups in total. The zero-order valence-corrected chi connectivity index (χ0v) is 16.9. The quantitative estimate of drug-likeness (QED) is 0.649. The van der Waals surface area contributed by atoms with Crippen LogP contribution in [0.2, 0.25) is 0 Å². The lowest BCUT2D eigenvalue weighted by atomic mass is 10.1. The van der Waals surface area contributed by atoms with Crippen LogP contribution in [0.15, 0.2) is 56.9 Å². The van der Waals surface area contributed by atoms with Gasteiger partial charge in [-0.1, -0.05) is 17.8 Å². The first-order valence-electron chi connectivity index (χ1n) is 8.73. The van der Waals surface area contributed by atoms with E-state index in [1.54, 1.807) is 38.2 Å². The molecule has 0 spiro atoms. The summed E-state index contributed by atoms with van der Waals surface area (Å²) in [5, 5.41) is 0.563. The first-order valence-corrected chi connectivity index (χ1v) is 9.54. The Morgan fingerprint density at radius 3 is 2.29 bits per heavy atom. The van der Waals surface area contributed by atoms with E-state index in [9.17, 15) is 9.59 Å². The van der Waals surface area contributed by atoms with Crippen molar-refractivity contribution in [2.45, 2.75) is 37.6 Å². The van der Waals surface area contributed by atoms with Crippen molar-refractivity contribution in [1.29, 1.82) is 0 Å². The molecule has 7 heteroatoms. The van der Waals surface area contributed by atoms with Crippen LogP contribution in [0.4, 0.5) is 0 Å². The smallest absolute Gasteiger partial charge is 0.273 e. The van der Waals surface area contributed by atoms with Crippen molar-refractivity contribution in [3.8, 4) is 0 Å². The Bertz CT molecular complexity index is 1040. The second-order valence-corrected chi connectivity index (χ2v) is 7.50. The summed E-state index contributed by atoms with van der Waals surface area (Å²) in [6.07, 6.45) is 1.64. The zero-order chi connectivity index (χ0) is 20.3. The monoisotopic (exact) mass is 395 g/mol. The zero-order valence-electron chi connectivity index (χ0n) is 16.1. The van der Waals surface area contributed by atoms with Crippen LogP contribution in [0.25, 0.3) is 0 Å². The van der Waals surface area contributed by atoms with Crippen molar-refractivity contribution in [3.05, 3.63) is 76.4 Å². The Balaban J connectivity index is 1.72. The maximum absolute atomic E-state index is 12.6. The van der Waals surface area contributed by atoms with Gasteiger partial charge in [-0.15, -0.1) is 0 Å². The largest absolute Gasteiger partial charge is 0.466 e. The normalized spacial score (nSPS) is 10.6. The van der Waals surface area contributed by atoms with Gasteiger partial charge < -0.3 is 4.42 Å². The summed E-state index contributed by atoms with van der Waals surface area (Å²) in [5.41, 5.74) is 8.01. The fraction of sp³-hybridized carbons (Fsp3) is 0.190. The van der Waals surface area contributed by atoms with Gasteiger partial charge in [-0.25, -0.2) is 4.98 Å². The highest BCUT2D eigenvalue weighted by Gasteiger charge is 2.17. The fourth-order valence-electron chi connectivity index (χ4n) is 2.64. The molecule has 0 atom stereocenters. The molecule has 0 aliphatic carbocycles. The number of pyridine rings is 1. The number of benzene rings is 1. The van der Waals surface area contributed by atoms with Crippen LogP contribution < -0.4 is 10.9 Å². The number of furan rings is 1. The molecule has 0 aliphatic heterocycles. The number of aryl methyl sites for hydroxylation is 4. The van der Waals surface area contributed by atoms with Crippen LogP contribution in [0.5, 0.6) is 0 Å². The first kappa shape index (κ1) is 19.7. The minimum Gasteiger partial charge on any atom is -0.466 e. The highest BCUT2D eigenvalue weighted by Crippen LogP contribution is 2.29. The molecule has 0 unspecified atom stereocenters. The standard InChI is InChI=1S/C21H21N3O3S/c1-12-7-8-16(10-13(12)2)28-21-17(6-5-9-22-21)19(25)23-24-20(26)18-11-14(3)27-15(18)4/h5-11H,1-4H3,(H,23,25)(H,24,26). The number of carbonyl (C=O) groups is 2. The van der Waals surface area contributed by atoms with Crippen LogP contribution in [0.1, 0.15) is 43.4 Å². The second-order valence-electron chi connectivity index (χ2n) is 6.44. The highest BCUT2D eigenvalue weighted by molar-refractivity contribution is 7.99. The van der Waals surface area contributed by atoms with E-state index in [2.05, 4.69) is 28.8 Å². The summed E-state index contributed by atoms with van der Waals surface area (Å²) in [5.74, 6) is 0.255. The Kier molecular flexibility index (Phi) is 5.84. The Morgan fingerprint density at radius 2 is 1.64 bits per heavy atom. The van der Waals surface area contributed by atoms with Crippen molar-refractivity contribution >= 4 is 23.6 Å². The van der Waals surface area contributed by atoms with Gasteiger partial charge in [0, 0.05) is 11.1 Å². The van der Waals surface area contributed by atoms with Crippen LogP contribution in [0, 0.1) is 27.7 Å². The predicted octanol–water partition coefficient (Wildman–Crippen LogP) is 4.13. The van der Waals surface area contributed by atoms with Gasteiger partial charge in [-0.3, -0.25) is 20.4 Å². The Morgan fingerprint density at radius 1 is 0.929 bits per heavy atom. The summed E-state index contributed by atoms with van der Waals surface area (Å²) in [4.78, 5) is 30.2. The van der Waals surface area contributed by atoms with Crippen molar-refractivity contribution < 1.29 is 14.0 Å². The van der Waals surface area contributed by atoms with E-state index in [0.29, 0.717) is 27.7 Å². The molecule has 1 aromatic carbocycles. The number of hydrogen-bond donors (Lipinski definition) is 2. The number of hydrazine groups is 1. The molecule has 0 saturated carbocycles. The predicted molar refractivity (Wildman–Crippen MR) is 107 cm³/mol. The van der Waals surface area contributed by atoms with Crippen LogP contribution in [-0.4, -0.2) is 16.8 Å². The lowest BCUT2D eigenvalue weighted by Gasteiger charge is -2.10. The van der Waals surface area contributed by atoms with Gasteiger partial charge in [0.1, 0.15) is 16.5 Å². The van der Waals surface area contributed by atoms with Gasteiger partial charge in [0.05, 0.1) is 11.1 Å². The van der Waals surface area contributed by atoms with E-state index < -0.39 is 11.8 Å². The van der Waals surface area contributed by atoms with Crippen molar-refractivity contribution in [1.82, 2.24) is 15.8 Å². The molecular formula is C21H21N3O3S. The van der Waals surface area contributed by atoms with Gasteiger partial charge in [0.15, 0.2) is 0 Å². The molecular weight excluding hydrogens is 374 g/mol. The average molecular weight is 395 g/mol. The second kappa shape index (κ2) is 8.31. The van der Waals surface area contributed by atoms with Crippen LogP contribution in [-0.2, 0) is 0 Å². The SMILES string of the molecule is Cc1cc(C(=O)NNC(=O)c2cccnc2Sc2ccc(C)c(C)c2)c(C)o1. The van der Waals surface area contributed by atoms with E-state index in [4.69, 9.17) is 4.42 Å².